The van der Waals surface area contributed by atoms with Crippen LogP contribution in [0.3, 0.4) is 0 Å². The molecule has 15 aromatic rings. The van der Waals surface area contributed by atoms with Crippen LogP contribution >= 0.6 is 0 Å². The molecule has 71 heavy (non-hydrogen) atoms. The third-order valence-corrected chi connectivity index (χ3v) is 14.9. The van der Waals surface area contributed by atoms with Gasteiger partial charge in [-0.15, -0.1) is 0 Å². The summed E-state index contributed by atoms with van der Waals surface area (Å²) in [5, 5.41) is 12.2. The van der Waals surface area contributed by atoms with Crippen LogP contribution in [0.4, 0.5) is 0 Å². The van der Waals surface area contributed by atoms with Gasteiger partial charge in [-0.05, 0) is 97.1 Å². The van der Waals surface area contributed by atoms with E-state index in [0.717, 1.165) is 39.3 Å². The minimum Gasteiger partial charge on any atom is -0.316 e. The Balaban J connectivity index is 0.945. The van der Waals surface area contributed by atoms with Crippen molar-refractivity contribution in [1.29, 1.82) is 0 Å². The van der Waals surface area contributed by atoms with E-state index in [0.29, 0.717) is 0 Å². The Morgan fingerprint density at radius 3 is 1.41 bits per heavy atom. The zero-order valence-corrected chi connectivity index (χ0v) is 38.6. The third-order valence-electron chi connectivity index (χ3n) is 14.9. The summed E-state index contributed by atoms with van der Waals surface area (Å²) in [6.45, 7) is 4.27. The molecule has 5 heterocycles. The predicted octanol–water partition coefficient (Wildman–Crippen LogP) is 17.4. The van der Waals surface area contributed by atoms with Crippen LogP contribution in [0.15, 0.2) is 249 Å². The highest BCUT2D eigenvalue weighted by Gasteiger charge is 2.22. The lowest BCUT2D eigenvalue weighted by molar-refractivity contribution is 1.13. The molecule has 332 valence electrons. The molecule has 0 bridgehead atoms. The summed E-state index contributed by atoms with van der Waals surface area (Å²) in [5.74, 6) is 0. The van der Waals surface area contributed by atoms with E-state index >= 15 is 0 Å². The Morgan fingerprint density at radius 2 is 0.775 bits per heavy atom. The van der Waals surface area contributed by atoms with Gasteiger partial charge in [0.2, 0.25) is 0 Å². The molecule has 5 heteroatoms. The van der Waals surface area contributed by atoms with Gasteiger partial charge in [0, 0.05) is 82.8 Å². The first-order valence-electron chi connectivity index (χ1n) is 24.3. The highest BCUT2D eigenvalue weighted by Crippen LogP contribution is 2.44. The standard InChI is InChI=1S/C66H43N5/c1-2-19-43(71-60-34-16-9-26-49(60)52-36-37-62-65(66(52)71)53-29-11-17-35-61(53)68(62)44-20-4-3-5-21-44)38-39-67-56-30-12-6-27-50(56)54-42-64-55(41-63(54)67)51-28-10-15-33-59(51)70(64)46-23-18-22-45(40-46)69-57-31-13-7-24-47(57)48-25-8-14-32-58(48)69/h2-42H,1H2/b39-38+,43-19+. The molecule has 0 fully saturated rings. The Bertz CT molecular complexity index is 4720. The van der Waals surface area contributed by atoms with Crippen LogP contribution in [0, 0.1) is 0 Å². The van der Waals surface area contributed by atoms with Crippen molar-refractivity contribution in [1.82, 2.24) is 22.8 Å². The highest BCUT2D eigenvalue weighted by molar-refractivity contribution is 6.27. The van der Waals surface area contributed by atoms with Crippen molar-refractivity contribution in [3.63, 3.8) is 0 Å². The second-order valence-corrected chi connectivity index (χ2v) is 18.6. The quantitative estimate of drug-likeness (QED) is 0.142. The third kappa shape index (κ3) is 5.63. The van der Waals surface area contributed by atoms with Gasteiger partial charge in [-0.2, -0.15) is 0 Å². The fraction of sp³-hybridized carbons (Fsp3) is 0. The van der Waals surface area contributed by atoms with Crippen molar-refractivity contribution < 1.29 is 0 Å². The van der Waals surface area contributed by atoms with Crippen molar-refractivity contribution in [2.45, 2.75) is 0 Å². The molecular weight excluding hydrogens is 863 g/mol. The summed E-state index contributed by atoms with van der Waals surface area (Å²) in [6.07, 6.45) is 8.58. The van der Waals surface area contributed by atoms with E-state index in [1.165, 1.54) is 92.5 Å². The molecule has 15 rings (SSSR count). The lowest BCUT2D eigenvalue weighted by Gasteiger charge is -2.13. The maximum Gasteiger partial charge on any atom is 0.0641 e. The Morgan fingerprint density at radius 1 is 0.324 bits per heavy atom. The average Bonchev–Trinajstić information content (AvgIpc) is 4.21. The monoisotopic (exact) mass is 905 g/mol. The van der Waals surface area contributed by atoms with Crippen LogP contribution in [0.2, 0.25) is 0 Å². The maximum absolute atomic E-state index is 4.27. The van der Waals surface area contributed by atoms with Crippen molar-refractivity contribution in [2.75, 3.05) is 0 Å². The number of rotatable bonds is 7. The summed E-state index contributed by atoms with van der Waals surface area (Å²) in [4.78, 5) is 0. The molecule has 0 N–H and O–H groups in total. The molecule has 0 atom stereocenters. The summed E-state index contributed by atoms with van der Waals surface area (Å²) < 4.78 is 12.1. The molecule has 5 nitrogen and oxygen atoms in total. The van der Waals surface area contributed by atoms with Gasteiger partial charge in [-0.25, -0.2) is 0 Å². The Labute approximate surface area is 408 Å². The number of aromatic nitrogens is 5. The largest absolute Gasteiger partial charge is 0.316 e. The lowest BCUT2D eigenvalue weighted by atomic mass is 10.1. The fourth-order valence-electron chi connectivity index (χ4n) is 12.0. The SMILES string of the molecule is C=C/C=C(\C=C\n1c2ccccc2c2cc3c(cc21)c1ccccc1n3-c1cccc(-n2c3ccccc3c3ccccc32)c1)n1c2ccccc2c2ccc3c(c4ccccc4n3-c3ccccc3)c21. The normalized spacial score (nSPS) is 12.6. The fourth-order valence-corrected chi connectivity index (χ4v) is 12.0. The van der Waals surface area contributed by atoms with E-state index in [1.54, 1.807) is 0 Å². The van der Waals surface area contributed by atoms with E-state index in [-0.39, 0.29) is 0 Å². The van der Waals surface area contributed by atoms with E-state index < -0.39 is 0 Å². The van der Waals surface area contributed by atoms with Crippen LogP contribution in [0.5, 0.6) is 0 Å². The van der Waals surface area contributed by atoms with Gasteiger partial charge < -0.3 is 22.8 Å². The maximum atomic E-state index is 4.27. The molecule has 0 aliphatic heterocycles. The Hall–Kier alpha value is -9.58. The predicted molar refractivity (Wildman–Crippen MR) is 302 cm³/mol. The number of para-hydroxylation sites is 7. The minimum absolute atomic E-state index is 1.02. The topological polar surface area (TPSA) is 24.6 Å². The highest BCUT2D eigenvalue weighted by atomic mass is 15.0. The second kappa shape index (κ2) is 15.2. The molecule has 0 unspecified atom stereocenters. The van der Waals surface area contributed by atoms with Crippen molar-refractivity contribution in [3.8, 4) is 17.1 Å². The first kappa shape index (κ1) is 39.4. The van der Waals surface area contributed by atoms with Gasteiger partial charge in [-0.1, -0.05) is 152 Å². The van der Waals surface area contributed by atoms with Crippen LogP contribution in [0.25, 0.3) is 138 Å². The van der Waals surface area contributed by atoms with E-state index in [1.807, 2.05) is 6.08 Å². The zero-order valence-electron chi connectivity index (χ0n) is 38.6. The van der Waals surface area contributed by atoms with Gasteiger partial charge in [0.15, 0.2) is 0 Å². The second-order valence-electron chi connectivity index (χ2n) is 18.6. The van der Waals surface area contributed by atoms with Gasteiger partial charge in [0.25, 0.3) is 0 Å². The van der Waals surface area contributed by atoms with Crippen LogP contribution in [-0.2, 0) is 0 Å². The lowest BCUT2D eigenvalue weighted by Crippen LogP contribution is -1.98. The average molecular weight is 906 g/mol. The number of fused-ring (bicyclic) bond motifs is 16. The summed E-state index contributed by atoms with van der Waals surface area (Å²) in [5.41, 5.74) is 16.1. The number of nitrogens with zero attached hydrogens (tertiary/aromatic N) is 5. The number of hydrogen-bond donors (Lipinski definition) is 0. The number of allylic oxidation sites excluding steroid dienone is 4. The summed E-state index contributed by atoms with van der Waals surface area (Å²) >= 11 is 0. The Kier molecular flexibility index (Phi) is 8.45. The van der Waals surface area contributed by atoms with Gasteiger partial charge in [0.1, 0.15) is 0 Å². The van der Waals surface area contributed by atoms with Crippen LogP contribution in [0.1, 0.15) is 0 Å². The molecule has 5 aromatic heterocycles. The molecule has 0 aliphatic carbocycles. The first-order chi connectivity index (χ1) is 35.2. The molecule has 10 aromatic carbocycles. The smallest absolute Gasteiger partial charge is 0.0641 e. The van der Waals surface area contributed by atoms with Gasteiger partial charge in [0.05, 0.1) is 55.2 Å². The molecule has 0 saturated heterocycles. The van der Waals surface area contributed by atoms with Crippen molar-refractivity contribution in [2.24, 2.45) is 0 Å². The molecule has 0 amide bonds. The molecule has 0 radical (unpaired) electrons. The van der Waals surface area contributed by atoms with E-state index in [2.05, 4.69) is 272 Å². The van der Waals surface area contributed by atoms with E-state index in [4.69, 9.17) is 0 Å². The minimum atomic E-state index is 1.02. The molecule has 0 aliphatic rings. The zero-order chi connectivity index (χ0) is 46.7. The van der Waals surface area contributed by atoms with Crippen LogP contribution < -0.4 is 0 Å². The van der Waals surface area contributed by atoms with Crippen molar-refractivity contribution in [3.05, 3.63) is 249 Å². The van der Waals surface area contributed by atoms with Crippen molar-refractivity contribution >= 4 is 121 Å². The van der Waals surface area contributed by atoms with E-state index in [9.17, 15) is 0 Å². The number of hydrogen-bond acceptors (Lipinski definition) is 0. The number of benzene rings is 10. The molecule has 0 saturated carbocycles. The van der Waals surface area contributed by atoms with Crippen LogP contribution in [-0.4, -0.2) is 22.8 Å². The first-order valence-corrected chi connectivity index (χ1v) is 24.3. The molecular formula is C66H43N5. The van der Waals surface area contributed by atoms with Gasteiger partial charge >= 0.3 is 0 Å². The summed E-state index contributed by atoms with van der Waals surface area (Å²) in [7, 11) is 0. The summed E-state index contributed by atoms with van der Waals surface area (Å²) in [6, 6.07) is 81.8. The molecule has 0 spiro atoms. The van der Waals surface area contributed by atoms with Gasteiger partial charge in [-0.3, -0.25) is 0 Å².